The predicted octanol–water partition coefficient (Wildman–Crippen LogP) is 1.72. The zero-order valence-corrected chi connectivity index (χ0v) is 10.0. The van der Waals surface area contributed by atoms with E-state index in [1.807, 2.05) is 0 Å². The van der Waals surface area contributed by atoms with E-state index in [9.17, 15) is 4.79 Å². The lowest BCUT2D eigenvalue weighted by molar-refractivity contribution is 0.166. The largest absolute Gasteiger partial charge is 0.394 e. The number of nitrogens with zero attached hydrogens (tertiary/aromatic N) is 2. The van der Waals surface area contributed by atoms with E-state index in [1.54, 1.807) is 17.0 Å². The summed E-state index contributed by atoms with van der Waals surface area (Å²) < 4.78 is 0. The van der Waals surface area contributed by atoms with Crippen molar-refractivity contribution < 1.29 is 9.90 Å². The number of rotatable bonds is 2. The van der Waals surface area contributed by atoms with Crippen molar-refractivity contribution in [2.24, 2.45) is 0 Å². The third-order valence-corrected chi connectivity index (χ3v) is 3.03. The van der Waals surface area contributed by atoms with E-state index in [4.69, 9.17) is 16.7 Å². The Bertz CT molecular complexity index is 413. The number of anilines is 1. The second kappa shape index (κ2) is 5.33. The van der Waals surface area contributed by atoms with Crippen LogP contribution in [0, 0.1) is 0 Å². The maximum Gasteiger partial charge on any atom is 0.322 e. The number of carbonyl (C=O) groups is 1. The molecule has 0 aliphatic carbocycles. The summed E-state index contributed by atoms with van der Waals surface area (Å²) in [6, 6.07) is 2.98. The van der Waals surface area contributed by atoms with Crippen molar-refractivity contribution in [3.63, 3.8) is 0 Å². The molecule has 92 valence electrons. The number of pyridine rings is 1. The summed E-state index contributed by atoms with van der Waals surface area (Å²) in [5, 5.41) is 12.2. The van der Waals surface area contributed by atoms with Gasteiger partial charge in [-0.3, -0.25) is 0 Å². The van der Waals surface area contributed by atoms with Gasteiger partial charge in [0.15, 0.2) is 0 Å². The Morgan fingerprint density at radius 1 is 1.71 bits per heavy atom. The summed E-state index contributed by atoms with van der Waals surface area (Å²) in [7, 11) is 0. The standard InChI is InChI=1S/C11H14ClN3O2/c12-10-6-8(3-4-13-10)14-11(17)15-5-1-2-9(15)7-16/h3-4,6,9,16H,1-2,5,7H2,(H,13,14,17)/t9-/m1/s1. The molecule has 0 saturated carbocycles. The number of halogens is 1. The molecule has 1 saturated heterocycles. The van der Waals surface area contributed by atoms with Crippen LogP contribution in [-0.2, 0) is 0 Å². The number of hydrogen-bond acceptors (Lipinski definition) is 3. The van der Waals surface area contributed by atoms with E-state index in [1.165, 1.54) is 6.20 Å². The van der Waals surface area contributed by atoms with Crippen molar-refractivity contribution >= 4 is 23.3 Å². The van der Waals surface area contributed by atoms with Crippen LogP contribution in [0.15, 0.2) is 18.3 Å². The molecule has 2 rings (SSSR count). The molecule has 0 radical (unpaired) electrons. The fourth-order valence-corrected chi connectivity index (χ4v) is 2.14. The van der Waals surface area contributed by atoms with E-state index >= 15 is 0 Å². The molecule has 2 N–H and O–H groups in total. The number of amides is 2. The quantitative estimate of drug-likeness (QED) is 0.791. The van der Waals surface area contributed by atoms with Gasteiger partial charge < -0.3 is 15.3 Å². The summed E-state index contributed by atoms with van der Waals surface area (Å²) in [6.45, 7) is 0.681. The molecular weight excluding hydrogens is 242 g/mol. The van der Waals surface area contributed by atoms with Crippen LogP contribution in [0.2, 0.25) is 5.15 Å². The van der Waals surface area contributed by atoms with Crippen molar-refractivity contribution in [1.82, 2.24) is 9.88 Å². The molecule has 1 aliphatic rings. The number of aliphatic hydroxyl groups is 1. The first-order chi connectivity index (χ1) is 8.20. The van der Waals surface area contributed by atoms with Crippen LogP contribution >= 0.6 is 11.6 Å². The first kappa shape index (κ1) is 12.1. The van der Waals surface area contributed by atoms with Gasteiger partial charge in [0.05, 0.1) is 12.6 Å². The first-order valence-electron chi connectivity index (χ1n) is 5.51. The van der Waals surface area contributed by atoms with E-state index in [0.717, 1.165) is 12.8 Å². The van der Waals surface area contributed by atoms with Gasteiger partial charge in [-0.1, -0.05) is 11.6 Å². The zero-order chi connectivity index (χ0) is 12.3. The summed E-state index contributed by atoms with van der Waals surface area (Å²) >= 11 is 5.73. The average molecular weight is 256 g/mol. The van der Waals surface area contributed by atoms with E-state index in [-0.39, 0.29) is 18.7 Å². The minimum Gasteiger partial charge on any atom is -0.394 e. The summed E-state index contributed by atoms with van der Waals surface area (Å²) in [5.74, 6) is 0. The molecule has 2 amide bonds. The maximum atomic E-state index is 11.9. The van der Waals surface area contributed by atoms with Crippen molar-refractivity contribution in [2.75, 3.05) is 18.5 Å². The SMILES string of the molecule is O=C(Nc1ccnc(Cl)c1)N1CCC[C@@H]1CO. The number of likely N-dealkylation sites (tertiary alicyclic amines) is 1. The van der Waals surface area contributed by atoms with Gasteiger partial charge in [0.25, 0.3) is 0 Å². The molecule has 1 aliphatic heterocycles. The average Bonchev–Trinajstić information content (AvgIpc) is 2.77. The Hall–Kier alpha value is -1.33. The van der Waals surface area contributed by atoms with Crippen LogP contribution < -0.4 is 5.32 Å². The summed E-state index contributed by atoms with van der Waals surface area (Å²) in [4.78, 5) is 17.4. The number of hydrogen-bond donors (Lipinski definition) is 2. The number of aromatic nitrogens is 1. The van der Waals surface area contributed by atoms with Gasteiger partial charge in [-0.2, -0.15) is 0 Å². The van der Waals surface area contributed by atoms with E-state index in [2.05, 4.69) is 10.3 Å². The van der Waals surface area contributed by atoms with Crippen LogP contribution in [0.25, 0.3) is 0 Å². The molecular formula is C11H14ClN3O2. The third kappa shape index (κ3) is 2.87. The van der Waals surface area contributed by atoms with Gasteiger partial charge in [-0.05, 0) is 25.0 Å². The second-order valence-corrected chi connectivity index (χ2v) is 4.36. The number of urea groups is 1. The fourth-order valence-electron chi connectivity index (χ4n) is 1.97. The molecule has 2 heterocycles. The molecule has 1 aromatic rings. The normalized spacial score (nSPS) is 19.4. The lowest BCUT2D eigenvalue weighted by Gasteiger charge is -2.23. The van der Waals surface area contributed by atoms with E-state index in [0.29, 0.717) is 17.4 Å². The Kier molecular flexibility index (Phi) is 3.81. The lowest BCUT2D eigenvalue weighted by atomic mass is 10.2. The smallest absolute Gasteiger partial charge is 0.322 e. The van der Waals surface area contributed by atoms with Gasteiger partial charge in [-0.15, -0.1) is 0 Å². The topological polar surface area (TPSA) is 65.5 Å². The van der Waals surface area contributed by atoms with Crippen LogP contribution in [0.1, 0.15) is 12.8 Å². The number of nitrogens with one attached hydrogen (secondary N) is 1. The van der Waals surface area contributed by atoms with Crippen molar-refractivity contribution in [3.05, 3.63) is 23.5 Å². The number of aliphatic hydroxyl groups excluding tert-OH is 1. The Balaban J connectivity index is 2.01. The van der Waals surface area contributed by atoms with Crippen molar-refractivity contribution in [1.29, 1.82) is 0 Å². The highest BCUT2D eigenvalue weighted by atomic mass is 35.5. The third-order valence-electron chi connectivity index (χ3n) is 2.83. The molecule has 0 aromatic carbocycles. The van der Waals surface area contributed by atoms with Crippen LogP contribution in [0.5, 0.6) is 0 Å². The minimum absolute atomic E-state index is 0.00449. The Labute approximate surface area is 104 Å². The van der Waals surface area contributed by atoms with Gasteiger partial charge in [0.1, 0.15) is 5.15 Å². The Morgan fingerprint density at radius 3 is 3.24 bits per heavy atom. The maximum absolute atomic E-state index is 11.9. The Morgan fingerprint density at radius 2 is 2.53 bits per heavy atom. The highest BCUT2D eigenvalue weighted by Crippen LogP contribution is 2.19. The minimum atomic E-state index is -0.205. The van der Waals surface area contributed by atoms with Crippen LogP contribution in [-0.4, -0.2) is 40.2 Å². The molecule has 5 nitrogen and oxygen atoms in total. The molecule has 6 heteroatoms. The summed E-state index contributed by atoms with van der Waals surface area (Å²) in [6.07, 6.45) is 3.31. The van der Waals surface area contributed by atoms with Gasteiger partial charge in [0.2, 0.25) is 0 Å². The van der Waals surface area contributed by atoms with Crippen LogP contribution in [0.4, 0.5) is 10.5 Å². The van der Waals surface area contributed by atoms with Gasteiger partial charge in [-0.25, -0.2) is 9.78 Å². The molecule has 0 spiro atoms. The van der Waals surface area contributed by atoms with Crippen LogP contribution in [0.3, 0.4) is 0 Å². The second-order valence-electron chi connectivity index (χ2n) is 3.97. The van der Waals surface area contributed by atoms with E-state index < -0.39 is 0 Å². The highest BCUT2D eigenvalue weighted by molar-refractivity contribution is 6.29. The monoisotopic (exact) mass is 255 g/mol. The summed E-state index contributed by atoms with van der Waals surface area (Å²) in [5.41, 5.74) is 0.610. The molecule has 17 heavy (non-hydrogen) atoms. The first-order valence-corrected chi connectivity index (χ1v) is 5.88. The van der Waals surface area contributed by atoms with Crippen molar-refractivity contribution in [3.8, 4) is 0 Å². The van der Waals surface area contributed by atoms with Crippen molar-refractivity contribution in [2.45, 2.75) is 18.9 Å². The fraction of sp³-hybridized carbons (Fsp3) is 0.455. The number of carbonyl (C=O) groups excluding carboxylic acids is 1. The van der Waals surface area contributed by atoms with Gasteiger partial charge >= 0.3 is 6.03 Å². The predicted molar refractivity (Wildman–Crippen MR) is 65.1 cm³/mol. The lowest BCUT2D eigenvalue weighted by Crippen LogP contribution is -2.40. The molecule has 0 bridgehead atoms. The molecule has 1 atom stereocenters. The van der Waals surface area contributed by atoms with Gasteiger partial charge in [0, 0.05) is 18.4 Å². The highest BCUT2D eigenvalue weighted by Gasteiger charge is 2.27. The molecule has 1 fully saturated rings. The molecule has 1 aromatic heterocycles. The molecule has 0 unspecified atom stereocenters. The zero-order valence-electron chi connectivity index (χ0n) is 9.27.